The molecule has 0 aliphatic carbocycles. The molecule has 1 heterocycles. The van der Waals surface area contributed by atoms with Crippen molar-refractivity contribution in [2.75, 3.05) is 6.61 Å². The van der Waals surface area contributed by atoms with Crippen LogP contribution in [0.15, 0.2) is 27.2 Å². The molecule has 2 rings (SSSR count). The largest absolute Gasteiger partial charge is 0.460 e. The standard InChI is InChI=1S/C12H11BrN2O3/c1-3-17-12(16)10-14-11(18-15-10)9-5-4-8(13)6-7(9)2/h4-6H,3H2,1-2H3. The fourth-order valence-electron chi connectivity index (χ4n) is 1.48. The lowest BCUT2D eigenvalue weighted by Crippen LogP contribution is -2.06. The van der Waals surface area contributed by atoms with Crippen LogP contribution < -0.4 is 0 Å². The molecule has 2 aromatic rings. The van der Waals surface area contributed by atoms with Gasteiger partial charge >= 0.3 is 5.97 Å². The summed E-state index contributed by atoms with van der Waals surface area (Å²) in [5.74, 6) is -0.334. The van der Waals surface area contributed by atoms with Gasteiger partial charge in [-0.2, -0.15) is 4.98 Å². The summed E-state index contributed by atoms with van der Waals surface area (Å²) < 4.78 is 10.8. The van der Waals surface area contributed by atoms with E-state index in [2.05, 4.69) is 26.1 Å². The van der Waals surface area contributed by atoms with Gasteiger partial charge in [0.15, 0.2) is 0 Å². The van der Waals surface area contributed by atoms with Crippen molar-refractivity contribution in [1.29, 1.82) is 0 Å². The molecule has 94 valence electrons. The first kappa shape index (κ1) is 12.8. The van der Waals surface area contributed by atoms with Gasteiger partial charge in [0.05, 0.1) is 6.61 Å². The highest BCUT2D eigenvalue weighted by atomic mass is 79.9. The van der Waals surface area contributed by atoms with E-state index in [-0.39, 0.29) is 12.4 Å². The van der Waals surface area contributed by atoms with Crippen LogP contribution in [0.4, 0.5) is 0 Å². The van der Waals surface area contributed by atoms with E-state index in [4.69, 9.17) is 9.26 Å². The Morgan fingerprint density at radius 1 is 1.50 bits per heavy atom. The molecule has 0 saturated carbocycles. The molecule has 0 unspecified atom stereocenters. The van der Waals surface area contributed by atoms with Crippen molar-refractivity contribution in [3.8, 4) is 11.5 Å². The number of carbonyl (C=O) groups is 1. The Balaban J connectivity index is 2.32. The van der Waals surface area contributed by atoms with Crippen molar-refractivity contribution < 1.29 is 14.1 Å². The van der Waals surface area contributed by atoms with E-state index < -0.39 is 5.97 Å². The van der Waals surface area contributed by atoms with Crippen molar-refractivity contribution in [2.45, 2.75) is 13.8 Å². The summed E-state index contributed by atoms with van der Waals surface area (Å²) in [6, 6.07) is 5.65. The number of ether oxygens (including phenoxy) is 1. The summed E-state index contributed by atoms with van der Waals surface area (Å²) in [6.07, 6.45) is 0. The maximum Gasteiger partial charge on any atom is 0.379 e. The number of hydrogen-bond donors (Lipinski definition) is 0. The average Bonchev–Trinajstić information content (AvgIpc) is 2.78. The number of carbonyl (C=O) groups excluding carboxylic acids is 1. The number of rotatable bonds is 3. The van der Waals surface area contributed by atoms with Gasteiger partial charge < -0.3 is 9.26 Å². The van der Waals surface area contributed by atoms with Gasteiger partial charge in [0, 0.05) is 10.0 Å². The second-order valence-corrected chi connectivity index (χ2v) is 4.52. The lowest BCUT2D eigenvalue weighted by molar-refractivity contribution is 0.0508. The van der Waals surface area contributed by atoms with Crippen LogP contribution in [0.25, 0.3) is 11.5 Å². The van der Waals surface area contributed by atoms with Crippen molar-refractivity contribution >= 4 is 21.9 Å². The van der Waals surface area contributed by atoms with Crippen LogP contribution in [-0.4, -0.2) is 22.7 Å². The van der Waals surface area contributed by atoms with Crippen LogP contribution in [0.5, 0.6) is 0 Å². The summed E-state index contributed by atoms with van der Waals surface area (Å²) in [5.41, 5.74) is 1.77. The molecule has 0 atom stereocenters. The summed E-state index contributed by atoms with van der Waals surface area (Å²) in [4.78, 5) is 15.4. The van der Waals surface area contributed by atoms with E-state index in [1.165, 1.54) is 0 Å². The smallest absolute Gasteiger partial charge is 0.379 e. The predicted octanol–water partition coefficient (Wildman–Crippen LogP) is 2.98. The number of aromatic nitrogens is 2. The van der Waals surface area contributed by atoms with Crippen molar-refractivity contribution in [1.82, 2.24) is 10.1 Å². The van der Waals surface area contributed by atoms with Crippen LogP contribution in [-0.2, 0) is 4.74 Å². The van der Waals surface area contributed by atoms with Gasteiger partial charge in [0.2, 0.25) is 0 Å². The highest BCUT2D eigenvalue weighted by Gasteiger charge is 2.17. The molecular weight excluding hydrogens is 300 g/mol. The molecule has 0 N–H and O–H groups in total. The number of benzene rings is 1. The van der Waals surface area contributed by atoms with E-state index in [9.17, 15) is 4.79 Å². The topological polar surface area (TPSA) is 65.2 Å². The van der Waals surface area contributed by atoms with Crippen LogP contribution >= 0.6 is 15.9 Å². The first-order chi connectivity index (χ1) is 8.61. The molecule has 6 heteroatoms. The van der Waals surface area contributed by atoms with Crippen molar-refractivity contribution in [3.63, 3.8) is 0 Å². The minimum atomic E-state index is -0.581. The summed E-state index contributed by atoms with van der Waals surface area (Å²) in [5, 5.41) is 3.60. The van der Waals surface area contributed by atoms with Gasteiger partial charge in [-0.15, -0.1) is 0 Å². The minimum absolute atomic E-state index is 0.0610. The third kappa shape index (κ3) is 2.59. The number of esters is 1. The molecular formula is C12H11BrN2O3. The van der Waals surface area contributed by atoms with Gasteiger partial charge in [-0.3, -0.25) is 0 Å². The Morgan fingerprint density at radius 3 is 2.94 bits per heavy atom. The molecule has 0 fully saturated rings. The molecule has 0 aliphatic heterocycles. The second kappa shape index (κ2) is 5.30. The third-order valence-corrected chi connectivity index (χ3v) is 2.80. The Hall–Kier alpha value is -1.69. The van der Waals surface area contributed by atoms with Crippen LogP contribution in [0.1, 0.15) is 23.1 Å². The van der Waals surface area contributed by atoms with E-state index in [0.717, 1.165) is 15.6 Å². The summed E-state index contributed by atoms with van der Waals surface area (Å²) >= 11 is 3.38. The van der Waals surface area contributed by atoms with E-state index in [1.807, 2.05) is 25.1 Å². The van der Waals surface area contributed by atoms with Gasteiger partial charge in [0.25, 0.3) is 11.7 Å². The number of aryl methyl sites for hydroxylation is 1. The Labute approximate surface area is 112 Å². The van der Waals surface area contributed by atoms with Crippen LogP contribution in [0.3, 0.4) is 0 Å². The summed E-state index contributed by atoms with van der Waals surface area (Å²) in [6.45, 7) is 3.92. The SMILES string of the molecule is CCOC(=O)c1noc(-c2ccc(Br)cc2C)n1. The van der Waals surface area contributed by atoms with Gasteiger partial charge in [-0.25, -0.2) is 4.79 Å². The molecule has 0 bridgehead atoms. The maximum absolute atomic E-state index is 11.4. The fourth-order valence-corrected chi connectivity index (χ4v) is 1.95. The molecule has 18 heavy (non-hydrogen) atoms. The maximum atomic E-state index is 11.4. The van der Waals surface area contributed by atoms with Gasteiger partial charge in [-0.05, 0) is 42.8 Å². The molecule has 0 saturated heterocycles. The predicted molar refractivity (Wildman–Crippen MR) is 68.1 cm³/mol. The van der Waals surface area contributed by atoms with E-state index in [0.29, 0.717) is 5.89 Å². The van der Waals surface area contributed by atoms with Crippen molar-refractivity contribution in [2.24, 2.45) is 0 Å². The lowest BCUT2D eigenvalue weighted by atomic mass is 10.1. The fraction of sp³-hybridized carbons (Fsp3) is 0.250. The van der Waals surface area contributed by atoms with E-state index >= 15 is 0 Å². The first-order valence-electron chi connectivity index (χ1n) is 5.39. The zero-order valence-electron chi connectivity index (χ0n) is 9.94. The zero-order chi connectivity index (χ0) is 13.1. The molecule has 1 aromatic heterocycles. The van der Waals surface area contributed by atoms with Gasteiger partial charge in [-0.1, -0.05) is 15.9 Å². The highest BCUT2D eigenvalue weighted by Crippen LogP contribution is 2.24. The highest BCUT2D eigenvalue weighted by molar-refractivity contribution is 9.10. The van der Waals surface area contributed by atoms with Gasteiger partial charge in [0.1, 0.15) is 0 Å². The third-order valence-electron chi connectivity index (χ3n) is 2.30. The Kier molecular flexibility index (Phi) is 3.76. The first-order valence-corrected chi connectivity index (χ1v) is 6.18. The molecule has 0 amide bonds. The quantitative estimate of drug-likeness (QED) is 0.815. The molecule has 0 spiro atoms. The normalized spacial score (nSPS) is 10.4. The van der Waals surface area contributed by atoms with Crippen LogP contribution in [0, 0.1) is 6.92 Å². The Morgan fingerprint density at radius 2 is 2.28 bits per heavy atom. The monoisotopic (exact) mass is 310 g/mol. The number of nitrogens with zero attached hydrogens (tertiary/aromatic N) is 2. The zero-order valence-corrected chi connectivity index (χ0v) is 11.5. The minimum Gasteiger partial charge on any atom is -0.460 e. The second-order valence-electron chi connectivity index (χ2n) is 3.60. The average molecular weight is 311 g/mol. The Bertz CT molecular complexity index is 580. The van der Waals surface area contributed by atoms with Crippen LogP contribution in [0.2, 0.25) is 0 Å². The molecule has 0 radical (unpaired) electrons. The summed E-state index contributed by atoms with van der Waals surface area (Å²) in [7, 11) is 0. The van der Waals surface area contributed by atoms with Crippen molar-refractivity contribution in [3.05, 3.63) is 34.1 Å². The number of hydrogen-bond acceptors (Lipinski definition) is 5. The number of halogens is 1. The molecule has 1 aromatic carbocycles. The molecule has 0 aliphatic rings. The molecule has 5 nitrogen and oxygen atoms in total. The lowest BCUT2D eigenvalue weighted by Gasteiger charge is -2.00. The van der Waals surface area contributed by atoms with E-state index in [1.54, 1.807) is 6.92 Å².